The summed E-state index contributed by atoms with van der Waals surface area (Å²) in [6.07, 6.45) is 2.12. The van der Waals surface area contributed by atoms with Crippen LogP contribution < -0.4 is 14.4 Å². The van der Waals surface area contributed by atoms with Crippen LogP contribution in [0.3, 0.4) is 0 Å². The molecule has 0 spiro atoms. The Kier molecular flexibility index (Phi) is 7.08. The molecule has 2 fully saturated rings. The number of hydrogen-bond donors (Lipinski definition) is 1. The first-order valence-corrected chi connectivity index (χ1v) is 12.8. The summed E-state index contributed by atoms with van der Waals surface area (Å²) in [7, 11) is -0.874. The van der Waals surface area contributed by atoms with Crippen LogP contribution in [-0.4, -0.2) is 83.0 Å². The number of sulfonamides is 1. The van der Waals surface area contributed by atoms with Gasteiger partial charge in [0, 0.05) is 44.8 Å². The molecular formula is C24H30N4O5S. The third kappa shape index (κ3) is 5.34. The minimum Gasteiger partial charge on any atom is -0.495 e. The highest BCUT2D eigenvalue weighted by Crippen LogP contribution is 2.31. The summed E-state index contributed by atoms with van der Waals surface area (Å²) >= 11 is 0. The van der Waals surface area contributed by atoms with E-state index in [0.29, 0.717) is 55.8 Å². The third-order valence-electron chi connectivity index (χ3n) is 6.15. The maximum absolute atomic E-state index is 13.1. The van der Waals surface area contributed by atoms with Crippen LogP contribution >= 0.6 is 0 Å². The first-order chi connectivity index (χ1) is 16.3. The molecule has 9 nitrogen and oxygen atoms in total. The van der Waals surface area contributed by atoms with Gasteiger partial charge in [0.15, 0.2) is 0 Å². The van der Waals surface area contributed by atoms with Gasteiger partial charge in [0.1, 0.15) is 5.75 Å². The Labute approximate surface area is 200 Å². The van der Waals surface area contributed by atoms with Crippen molar-refractivity contribution >= 4 is 27.5 Å². The van der Waals surface area contributed by atoms with E-state index in [1.54, 1.807) is 41.3 Å². The highest BCUT2D eigenvalue weighted by molar-refractivity contribution is 7.92. The van der Waals surface area contributed by atoms with Gasteiger partial charge in [0.2, 0.25) is 5.91 Å². The van der Waals surface area contributed by atoms with Gasteiger partial charge in [-0.05, 0) is 49.2 Å². The fourth-order valence-electron chi connectivity index (χ4n) is 3.94. The minimum atomic E-state index is -3.83. The Balaban J connectivity index is 1.37. The van der Waals surface area contributed by atoms with Gasteiger partial charge in [-0.3, -0.25) is 18.8 Å². The van der Waals surface area contributed by atoms with Crippen molar-refractivity contribution in [2.45, 2.75) is 23.8 Å². The second-order valence-corrected chi connectivity index (χ2v) is 10.5. The van der Waals surface area contributed by atoms with Crippen LogP contribution in [0, 0.1) is 0 Å². The molecule has 0 bridgehead atoms. The zero-order valence-electron chi connectivity index (χ0n) is 19.4. The Bertz CT molecular complexity index is 1140. The first kappa shape index (κ1) is 24.0. The topological polar surface area (TPSA) is 99.3 Å². The van der Waals surface area contributed by atoms with E-state index in [9.17, 15) is 18.0 Å². The van der Waals surface area contributed by atoms with Crippen LogP contribution in [0.4, 0.5) is 5.69 Å². The molecule has 0 atom stereocenters. The Morgan fingerprint density at radius 2 is 1.68 bits per heavy atom. The number of ether oxygens (including phenoxy) is 1. The van der Waals surface area contributed by atoms with E-state index in [0.717, 1.165) is 12.8 Å². The van der Waals surface area contributed by atoms with Crippen molar-refractivity contribution in [1.82, 2.24) is 15.1 Å². The van der Waals surface area contributed by atoms with Gasteiger partial charge in [-0.1, -0.05) is 12.1 Å². The van der Waals surface area contributed by atoms with Crippen LogP contribution in [0.5, 0.6) is 5.75 Å². The van der Waals surface area contributed by atoms with Gasteiger partial charge in [0.05, 0.1) is 24.2 Å². The quantitative estimate of drug-likeness (QED) is 0.608. The molecule has 2 aromatic carbocycles. The molecule has 2 aliphatic rings. The fourth-order valence-corrected chi connectivity index (χ4v) is 5.15. The number of methoxy groups -OCH3 is 1. The molecule has 182 valence electrons. The van der Waals surface area contributed by atoms with Crippen molar-refractivity contribution in [3.05, 3.63) is 54.1 Å². The number of benzene rings is 2. The average molecular weight is 487 g/mol. The lowest BCUT2D eigenvalue weighted by atomic mass is 10.2. The Morgan fingerprint density at radius 1 is 1.03 bits per heavy atom. The fraction of sp³-hybridized carbons (Fsp3) is 0.417. The molecule has 0 radical (unpaired) electrons. The molecule has 2 aromatic rings. The molecule has 10 heteroatoms. The number of carbonyl (C=O) groups is 2. The smallest absolute Gasteiger partial charge is 0.264 e. The largest absolute Gasteiger partial charge is 0.495 e. The predicted octanol–water partition coefficient (Wildman–Crippen LogP) is 1.56. The molecule has 1 N–H and O–H groups in total. The van der Waals surface area contributed by atoms with Crippen LogP contribution in [0.15, 0.2) is 53.4 Å². The monoisotopic (exact) mass is 486 g/mol. The zero-order chi connectivity index (χ0) is 24.3. The second-order valence-electron chi connectivity index (χ2n) is 8.58. The summed E-state index contributed by atoms with van der Waals surface area (Å²) in [5, 5.41) is 2.98. The van der Waals surface area contributed by atoms with Gasteiger partial charge in [-0.2, -0.15) is 0 Å². The molecule has 0 aromatic heterocycles. The standard InChI is InChI=1S/C24H30N4O5S/c1-26(21-5-3-4-6-22(21)33-2)34(31,32)20-11-7-18(8-12-20)24(30)28-15-13-27(14-16-28)17-23(29)25-19-9-10-19/h3-8,11-12,19H,9-10,13-17H2,1-2H3,(H,25,29). The van der Waals surface area contributed by atoms with Crippen molar-refractivity contribution in [3.8, 4) is 5.75 Å². The van der Waals surface area contributed by atoms with Crippen LogP contribution in [0.2, 0.25) is 0 Å². The average Bonchev–Trinajstić information content (AvgIpc) is 3.67. The predicted molar refractivity (Wildman–Crippen MR) is 129 cm³/mol. The van der Waals surface area contributed by atoms with E-state index in [-0.39, 0.29) is 16.7 Å². The molecule has 2 amide bonds. The van der Waals surface area contributed by atoms with E-state index in [2.05, 4.69) is 5.32 Å². The number of nitrogens with zero attached hydrogens (tertiary/aromatic N) is 3. The van der Waals surface area contributed by atoms with Gasteiger partial charge in [-0.25, -0.2) is 8.42 Å². The number of rotatable bonds is 8. The van der Waals surface area contributed by atoms with E-state index in [4.69, 9.17) is 4.74 Å². The summed E-state index contributed by atoms with van der Waals surface area (Å²) in [4.78, 5) is 28.8. The molecule has 34 heavy (non-hydrogen) atoms. The zero-order valence-corrected chi connectivity index (χ0v) is 20.3. The van der Waals surface area contributed by atoms with Crippen molar-refractivity contribution in [3.63, 3.8) is 0 Å². The maximum atomic E-state index is 13.1. The van der Waals surface area contributed by atoms with E-state index >= 15 is 0 Å². The molecule has 0 unspecified atom stereocenters. The number of nitrogens with one attached hydrogen (secondary N) is 1. The second kappa shape index (κ2) is 10.0. The molecule has 1 saturated carbocycles. The van der Waals surface area contributed by atoms with Gasteiger partial charge >= 0.3 is 0 Å². The molecule has 1 aliphatic carbocycles. The number of amides is 2. The number of para-hydroxylation sites is 2. The van der Waals surface area contributed by atoms with E-state index in [1.165, 1.54) is 30.6 Å². The Hall–Kier alpha value is -3.11. The Morgan fingerprint density at radius 3 is 2.29 bits per heavy atom. The molecule has 1 saturated heterocycles. The van der Waals surface area contributed by atoms with Crippen LogP contribution in [0.1, 0.15) is 23.2 Å². The van der Waals surface area contributed by atoms with Crippen molar-refractivity contribution in [2.24, 2.45) is 0 Å². The van der Waals surface area contributed by atoms with Crippen molar-refractivity contribution in [2.75, 3.05) is 51.2 Å². The van der Waals surface area contributed by atoms with Crippen LogP contribution in [0.25, 0.3) is 0 Å². The minimum absolute atomic E-state index is 0.0390. The van der Waals surface area contributed by atoms with Crippen molar-refractivity contribution in [1.29, 1.82) is 0 Å². The van der Waals surface area contributed by atoms with E-state index in [1.807, 2.05) is 4.90 Å². The summed E-state index contributed by atoms with van der Waals surface area (Å²) in [6.45, 7) is 2.64. The summed E-state index contributed by atoms with van der Waals surface area (Å²) in [5.41, 5.74) is 0.854. The van der Waals surface area contributed by atoms with Gasteiger partial charge < -0.3 is 15.0 Å². The van der Waals surface area contributed by atoms with Crippen LogP contribution in [-0.2, 0) is 14.8 Å². The number of piperazine rings is 1. The summed E-state index contributed by atoms with van der Waals surface area (Å²) in [6, 6.07) is 13.2. The normalized spacial score (nSPS) is 16.7. The lowest BCUT2D eigenvalue weighted by Crippen LogP contribution is -2.51. The highest BCUT2D eigenvalue weighted by Gasteiger charge is 2.28. The lowest BCUT2D eigenvalue weighted by molar-refractivity contribution is -0.122. The molecule has 1 aliphatic heterocycles. The van der Waals surface area contributed by atoms with E-state index < -0.39 is 10.0 Å². The highest BCUT2D eigenvalue weighted by atomic mass is 32.2. The van der Waals surface area contributed by atoms with Crippen molar-refractivity contribution < 1.29 is 22.7 Å². The van der Waals surface area contributed by atoms with Gasteiger partial charge in [0.25, 0.3) is 15.9 Å². The first-order valence-electron chi connectivity index (χ1n) is 11.3. The van der Waals surface area contributed by atoms with Gasteiger partial charge in [-0.15, -0.1) is 0 Å². The number of anilines is 1. The number of hydrogen-bond acceptors (Lipinski definition) is 6. The summed E-state index contributed by atoms with van der Waals surface area (Å²) < 4.78 is 32.7. The lowest BCUT2D eigenvalue weighted by Gasteiger charge is -2.34. The SMILES string of the molecule is COc1ccccc1N(C)S(=O)(=O)c1ccc(C(=O)N2CCN(CC(=O)NC3CC3)CC2)cc1. The number of carbonyl (C=O) groups excluding carboxylic acids is 2. The molecule has 4 rings (SSSR count). The summed E-state index contributed by atoms with van der Waals surface area (Å²) in [5.74, 6) is 0.339. The molecular weight excluding hydrogens is 456 g/mol. The third-order valence-corrected chi connectivity index (χ3v) is 7.94. The maximum Gasteiger partial charge on any atom is 0.264 e. The molecule has 1 heterocycles.